The average molecular weight is 520 g/mol. The van der Waals surface area contributed by atoms with Crippen molar-refractivity contribution >= 4 is 28.1 Å². The summed E-state index contributed by atoms with van der Waals surface area (Å²) >= 11 is 1.50. The van der Waals surface area contributed by atoms with E-state index in [0.717, 1.165) is 36.1 Å². The molecule has 1 atom stereocenters. The summed E-state index contributed by atoms with van der Waals surface area (Å²) in [7, 11) is 0. The van der Waals surface area contributed by atoms with Crippen molar-refractivity contribution in [1.82, 2.24) is 0 Å². The molecule has 5 rings (SSSR count). The van der Waals surface area contributed by atoms with Gasteiger partial charge < -0.3 is 10.5 Å². The molecule has 2 heterocycles. The van der Waals surface area contributed by atoms with E-state index in [-0.39, 0.29) is 29.2 Å². The number of nitrogens with two attached hydrogens (primary N) is 1. The summed E-state index contributed by atoms with van der Waals surface area (Å²) in [5.74, 6) is -1.37. The fourth-order valence-electron chi connectivity index (χ4n) is 5.85. The van der Waals surface area contributed by atoms with Gasteiger partial charge in [-0.15, -0.1) is 11.3 Å². The van der Waals surface area contributed by atoms with Gasteiger partial charge in [-0.1, -0.05) is 26.0 Å². The van der Waals surface area contributed by atoms with E-state index < -0.39 is 17.7 Å². The number of thiophene rings is 1. The summed E-state index contributed by atoms with van der Waals surface area (Å²) in [6.07, 6.45) is 4.52. The summed E-state index contributed by atoms with van der Waals surface area (Å²) in [5.41, 5.74) is 9.98. The number of hydrogen-bond donors (Lipinski definition) is 1. The lowest BCUT2D eigenvalue weighted by Crippen LogP contribution is -2.42. The molecule has 0 spiro atoms. The Morgan fingerprint density at radius 1 is 1.24 bits per heavy atom. The van der Waals surface area contributed by atoms with Crippen molar-refractivity contribution in [3.8, 4) is 6.07 Å². The number of esters is 1. The van der Waals surface area contributed by atoms with E-state index in [0.29, 0.717) is 40.2 Å². The highest BCUT2D eigenvalue weighted by Gasteiger charge is 2.46. The number of Topliss-reactive ketones (excluding diaryl/α,β-unsaturated/α-hetero) is 1. The van der Waals surface area contributed by atoms with Crippen molar-refractivity contribution in [3.05, 3.63) is 74.3 Å². The molecule has 3 aliphatic rings. The molecule has 2 aliphatic carbocycles. The summed E-state index contributed by atoms with van der Waals surface area (Å²) < 4.78 is 19.2. The predicted octanol–water partition coefficient (Wildman–Crippen LogP) is 5.88. The molecule has 8 heteroatoms. The van der Waals surface area contributed by atoms with E-state index >= 15 is 0 Å². The van der Waals surface area contributed by atoms with Crippen molar-refractivity contribution in [2.75, 3.05) is 11.5 Å². The number of carbonyl (C=O) groups excluding carboxylic acids is 2. The van der Waals surface area contributed by atoms with E-state index in [1.54, 1.807) is 24.0 Å². The molecule has 0 saturated carbocycles. The summed E-state index contributed by atoms with van der Waals surface area (Å²) in [6, 6.07) is 8.11. The zero-order valence-electron chi connectivity index (χ0n) is 21.3. The third-order valence-electron chi connectivity index (χ3n) is 7.42. The molecule has 1 aromatic carbocycles. The van der Waals surface area contributed by atoms with E-state index in [1.807, 2.05) is 13.8 Å². The first-order valence-electron chi connectivity index (χ1n) is 12.7. The number of carbonyl (C=O) groups is 2. The number of aryl methyl sites for hydroxylation is 1. The molecular weight excluding hydrogens is 489 g/mol. The molecule has 2 N–H and O–H groups in total. The zero-order valence-corrected chi connectivity index (χ0v) is 22.1. The van der Waals surface area contributed by atoms with Gasteiger partial charge in [0.1, 0.15) is 16.6 Å². The van der Waals surface area contributed by atoms with Crippen molar-refractivity contribution in [2.45, 2.75) is 65.2 Å². The standard InChI is InChI=1S/C29H30FN3O3S/c1-4-36-28(35)24-18-7-5-6-8-22(18)37-27(24)33-20-13-29(2,3)14-21(34)25(20)23(19(15-31)26(33)32)16-9-11-17(30)12-10-16/h9-12,23H,4-8,13-14,32H2,1-3H3. The van der Waals surface area contributed by atoms with Crippen LogP contribution >= 0.6 is 11.3 Å². The van der Waals surface area contributed by atoms with Gasteiger partial charge in [0.15, 0.2) is 5.78 Å². The van der Waals surface area contributed by atoms with Crippen LogP contribution in [-0.4, -0.2) is 18.4 Å². The van der Waals surface area contributed by atoms with E-state index in [9.17, 15) is 19.2 Å². The number of hydrogen-bond acceptors (Lipinski definition) is 7. The molecule has 0 radical (unpaired) electrons. The Morgan fingerprint density at radius 2 is 1.95 bits per heavy atom. The minimum absolute atomic E-state index is 0.0650. The lowest BCUT2D eigenvalue weighted by molar-refractivity contribution is -0.118. The van der Waals surface area contributed by atoms with Gasteiger partial charge in [0.05, 0.1) is 29.7 Å². The summed E-state index contributed by atoms with van der Waals surface area (Å²) in [4.78, 5) is 29.9. The van der Waals surface area contributed by atoms with Crippen LogP contribution < -0.4 is 10.6 Å². The summed E-state index contributed by atoms with van der Waals surface area (Å²) in [5, 5.41) is 10.9. The van der Waals surface area contributed by atoms with Crippen LogP contribution in [0.5, 0.6) is 0 Å². The number of fused-ring (bicyclic) bond motifs is 1. The third kappa shape index (κ3) is 4.25. The number of nitrogens with zero attached hydrogens (tertiary/aromatic N) is 2. The normalized spacial score (nSPS) is 20.9. The van der Waals surface area contributed by atoms with Crippen molar-refractivity contribution in [1.29, 1.82) is 5.26 Å². The highest BCUT2D eigenvalue weighted by atomic mass is 32.1. The summed E-state index contributed by atoms with van der Waals surface area (Å²) in [6.45, 7) is 6.08. The Hall–Kier alpha value is -3.44. The number of halogens is 1. The number of anilines is 1. The van der Waals surface area contributed by atoms with Crippen LogP contribution in [0.2, 0.25) is 0 Å². The first-order valence-corrected chi connectivity index (χ1v) is 13.5. The molecule has 37 heavy (non-hydrogen) atoms. The monoisotopic (exact) mass is 519 g/mol. The van der Waals surface area contributed by atoms with Crippen LogP contribution in [0.1, 0.15) is 78.7 Å². The molecule has 0 amide bonds. The Morgan fingerprint density at radius 3 is 2.62 bits per heavy atom. The Balaban J connectivity index is 1.79. The van der Waals surface area contributed by atoms with Gasteiger partial charge in [-0.3, -0.25) is 9.69 Å². The second-order valence-corrected chi connectivity index (χ2v) is 11.7. The van der Waals surface area contributed by atoms with Gasteiger partial charge in [-0.05, 0) is 67.7 Å². The second kappa shape index (κ2) is 9.46. The van der Waals surface area contributed by atoms with Crippen LogP contribution in [0.3, 0.4) is 0 Å². The number of benzene rings is 1. The Kier molecular flexibility index (Phi) is 6.45. The lowest BCUT2D eigenvalue weighted by atomic mass is 9.68. The van der Waals surface area contributed by atoms with E-state index in [1.165, 1.54) is 23.5 Å². The largest absolute Gasteiger partial charge is 0.462 e. The molecule has 192 valence electrons. The number of ketones is 1. The van der Waals surface area contributed by atoms with Crippen LogP contribution in [0, 0.1) is 22.6 Å². The number of ether oxygens (including phenoxy) is 1. The van der Waals surface area contributed by atoms with Gasteiger partial charge in [-0.2, -0.15) is 5.26 Å². The molecule has 1 aliphatic heterocycles. The molecule has 0 bridgehead atoms. The maximum atomic E-state index is 13.8. The van der Waals surface area contributed by atoms with Gasteiger partial charge in [0, 0.05) is 22.6 Å². The molecule has 6 nitrogen and oxygen atoms in total. The second-order valence-electron chi connectivity index (χ2n) is 10.6. The predicted molar refractivity (Wildman–Crippen MR) is 140 cm³/mol. The van der Waals surface area contributed by atoms with Gasteiger partial charge in [0.2, 0.25) is 0 Å². The minimum atomic E-state index is -0.693. The van der Waals surface area contributed by atoms with E-state index in [2.05, 4.69) is 6.07 Å². The van der Waals surface area contributed by atoms with Crippen molar-refractivity contribution in [2.24, 2.45) is 11.1 Å². The molecule has 0 saturated heterocycles. The fraction of sp³-hybridized carbons (Fsp3) is 0.414. The number of allylic oxidation sites excluding steroid dienone is 3. The first kappa shape index (κ1) is 25.2. The lowest BCUT2D eigenvalue weighted by Gasteiger charge is -2.43. The van der Waals surface area contributed by atoms with Gasteiger partial charge in [-0.25, -0.2) is 9.18 Å². The minimum Gasteiger partial charge on any atom is -0.462 e. The SMILES string of the molecule is CCOC(=O)c1c(N2C(N)=C(C#N)C(c3ccc(F)cc3)C3=C2CC(C)(C)CC3=O)sc2c1CCCC2. The average Bonchev–Trinajstić information content (AvgIpc) is 3.22. The highest BCUT2D eigenvalue weighted by Crippen LogP contribution is 2.53. The zero-order chi connectivity index (χ0) is 26.5. The topological polar surface area (TPSA) is 96.4 Å². The third-order valence-corrected chi connectivity index (χ3v) is 8.70. The van der Waals surface area contributed by atoms with Crippen LogP contribution in [0.15, 0.2) is 46.9 Å². The maximum Gasteiger partial charge on any atom is 0.341 e. The van der Waals surface area contributed by atoms with Crippen LogP contribution in [0.25, 0.3) is 0 Å². The van der Waals surface area contributed by atoms with Gasteiger partial charge >= 0.3 is 5.97 Å². The van der Waals surface area contributed by atoms with Gasteiger partial charge in [0.25, 0.3) is 0 Å². The molecule has 1 unspecified atom stereocenters. The molecule has 2 aromatic rings. The Labute approximate surface area is 220 Å². The maximum absolute atomic E-state index is 13.8. The van der Waals surface area contributed by atoms with Crippen molar-refractivity contribution in [3.63, 3.8) is 0 Å². The Bertz CT molecular complexity index is 1390. The smallest absolute Gasteiger partial charge is 0.341 e. The molecule has 1 aromatic heterocycles. The molecule has 0 fully saturated rings. The number of nitriles is 1. The van der Waals surface area contributed by atoms with Crippen LogP contribution in [0.4, 0.5) is 9.39 Å². The quantitative estimate of drug-likeness (QED) is 0.507. The molecular formula is C29H30FN3O3S. The van der Waals surface area contributed by atoms with Crippen molar-refractivity contribution < 1.29 is 18.7 Å². The van der Waals surface area contributed by atoms with Crippen LogP contribution in [-0.2, 0) is 22.4 Å². The first-order chi connectivity index (χ1) is 17.7. The highest BCUT2D eigenvalue weighted by molar-refractivity contribution is 7.16. The fourth-order valence-corrected chi connectivity index (χ4v) is 7.27. The van der Waals surface area contributed by atoms with E-state index in [4.69, 9.17) is 10.5 Å². The number of rotatable bonds is 4.